The van der Waals surface area contributed by atoms with Crippen molar-refractivity contribution in [3.8, 4) is 11.4 Å². The Labute approximate surface area is 150 Å². The normalized spacial score (nSPS) is 10.5. The summed E-state index contributed by atoms with van der Waals surface area (Å²) < 4.78 is 19.3. The van der Waals surface area contributed by atoms with Gasteiger partial charge in [0.15, 0.2) is 0 Å². The number of aromatic nitrogens is 3. The number of halogens is 2. The number of amides is 1. The minimum Gasteiger partial charge on any atom is -0.313 e. The highest BCUT2D eigenvalue weighted by atomic mass is 79.9. The van der Waals surface area contributed by atoms with E-state index in [0.29, 0.717) is 15.9 Å². The van der Waals surface area contributed by atoms with Crippen LogP contribution in [0, 0.1) is 5.82 Å². The number of carbonyl (C=O) groups is 1. The fourth-order valence-electron chi connectivity index (χ4n) is 2.05. The molecule has 2 aromatic heterocycles. The van der Waals surface area contributed by atoms with E-state index < -0.39 is 0 Å². The van der Waals surface area contributed by atoms with Crippen LogP contribution in [0.5, 0.6) is 0 Å². The molecule has 0 saturated heterocycles. The maximum atomic E-state index is 13.7. The molecule has 0 fully saturated rings. The van der Waals surface area contributed by atoms with Crippen molar-refractivity contribution in [2.45, 2.75) is 12.8 Å². The number of benzene rings is 1. The highest BCUT2D eigenvalue weighted by molar-refractivity contribution is 9.10. The van der Waals surface area contributed by atoms with Crippen LogP contribution < -0.4 is 10.9 Å². The molecule has 0 atom stereocenters. The average molecular weight is 406 g/mol. The van der Waals surface area contributed by atoms with Crippen molar-refractivity contribution in [2.75, 3.05) is 5.43 Å². The summed E-state index contributed by atoms with van der Waals surface area (Å²) in [6.45, 7) is 0. The molecule has 1 aromatic carbocycles. The Kier molecular flexibility index (Phi) is 5.34. The summed E-state index contributed by atoms with van der Waals surface area (Å²) in [5, 5.41) is 3.80. The average Bonchev–Trinajstić information content (AvgIpc) is 3.09. The third-order valence-electron chi connectivity index (χ3n) is 3.31. The van der Waals surface area contributed by atoms with Crippen LogP contribution in [-0.2, 0) is 11.2 Å². The van der Waals surface area contributed by atoms with E-state index >= 15 is 0 Å². The molecule has 25 heavy (non-hydrogen) atoms. The Hall–Kier alpha value is -2.81. The van der Waals surface area contributed by atoms with Crippen LogP contribution in [0.2, 0.25) is 0 Å². The van der Waals surface area contributed by atoms with Crippen LogP contribution in [0.1, 0.15) is 12.0 Å². The fraction of sp³-hybridized carbons (Fsp3) is 0.125. The number of anilines is 1. The first-order valence-electron chi connectivity index (χ1n) is 7.35. The molecule has 1 amide bonds. The molecule has 0 radical (unpaired) electrons. The summed E-state index contributed by atoms with van der Waals surface area (Å²) in [4.78, 5) is 19.8. The second kappa shape index (κ2) is 7.84. The van der Waals surface area contributed by atoms with Gasteiger partial charge in [-0.2, -0.15) is 4.98 Å². The van der Waals surface area contributed by atoms with Gasteiger partial charge in [0.25, 0.3) is 0 Å². The first kappa shape index (κ1) is 17.0. The van der Waals surface area contributed by atoms with Crippen LogP contribution in [0.3, 0.4) is 0 Å². The number of hydrazine groups is 1. The van der Waals surface area contributed by atoms with Gasteiger partial charge in [-0.3, -0.25) is 15.2 Å². The highest BCUT2D eigenvalue weighted by Crippen LogP contribution is 2.17. The lowest BCUT2D eigenvalue weighted by molar-refractivity contribution is -0.120. The van der Waals surface area contributed by atoms with Crippen molar-refractivity contribution in [3.63, 3.8) is 0 Å². The maximum absolute atomic E-state index is 13.7. The zero-order valence-corrected chi connectivity index (χ0v) is 14.5. The first-order chi connectivity index (χ1) is 12.1. The molecular weight excluding hydrogens is 393 g/mol. The number of hydrogen-bond donors (Lipinski definition) is 2. The highest BCUT2D eigenvalue weighted by Gasteiger charge is 2.10. The third-order valence-corrected chi connectivity index (χ3v) is 3.80. The van der Waals surface area contributed by atoms with Crippen molar-refractivity contribution in [3.05, 3.63) is 58.6 Å². The van der Waals surface area contributed by atoms with Crippen molar-refractivity contribution >= 4 is 27.9 Å². The Morgan fingerprint density at radius 3 is 2.80 bits per heavy atom. The van der Waals surface area contributed by atoms with Gasteiger partial charge in [0.05, 0.1) is 0 Å². The minimum absolute atomic E-state index is 0.0509. The van der Waals surface area contributed by atoms with Crippen LogP contribution >= 0.6 is 15.9 Å². The van der Waals surface area contributed by atoms with Gasteiger partial charge in [0.2, 0.25) is 11.7 Å². The number of aryl methyl sites for hydroxylation is 1. The summed E-state index contributed by atoms with van der Waals surface area (Å²) >= 11 is 3.19. The number of carbonyl (C=O) groups excluding carboxylic acids is 1. The molecule has 3 aromatic rings. The van der Waals surface area contributed by atoms with E-state index in [9.17, 15) is 9.18 Å². The molecule has 128 valence electrons. The van der Waals surface area contributed by atoms with Crippen molar-refractivity contribution < 1.29 is 13.7 Å². The fourth-order valence-corrected chi connectivity index (χ4v) is 2.38. The monoisotopic (exact) mass is 405 g/mol. The molecule has 3 rings (SSSR count). The molecule has 2 N–H and O–H groups in total. The Balaban J connectivity index is 1.50. The van der Waals surface area contributed by atoms with E-state index in [4.69, 9.17) is 4.52 Å². The predicted molar refractivity (Wildman–Crippen MR) is 91.7 cm³/mol. The largest absolute Gasteiger partial charge is 0.340 e. The Bertz CT molecular complexity index is 872. The summed E-state index contributed by atoms with van der Waals surface area (Å²) in [5.74, 6) is -0.309. The second-order valence-corrected chi connectivity index (χ2v) is 5.98. The van der Waals surface area contributed by atoms with Gasteiger partial charge in [-0.25, -0.2) is 9.82 Å². The molecule has 0 aliphatic heterocycles. The lowest BCUT2D eigenvalue weighted by Crippen LogP contribution is -2.29. The van der Waals surface area contributed by atoms with Crippen molar-refractivity contribution in [2.24, 2.45) is 0 Å². The minimum atomic E-state index is -0.353. The van der Waals surface area contributed by atoms with Crippen LogP contribution in [-0.4, -0.2) is 21.0 Å². The molecule has 9 heteroatoms. The summed E-state index contributed by atoms with van der Waals surface area (Å²) in [6.07, 6.45) is 3.61. The quantitative estimate of drug-likeness (QED) is 0.612. The third kappa shape index (κ3) is 4.60. The second-order valence-electron chi connectivity index (χ2n) is 5.07. The van der Waals surface area contributed by atoms with Gasteiger partial charge in [0, 0.05) is 28.9 Å². The lowest BCUT2D eigenvalue weighted by Gasteiger charge is -2.05. The van der Waals surface area contributed by atoms with E-state index in [1.54, 1.807) is 36.7 Å². The van der Waals surface area contributed by atoms with Crippen LogP contribution in [0.25, 0.3) is 11.4 Å². The predicted octanol–water partition coefficient (Wildman–Crippen LogP) is 3.11. The molecule has 7 nitrogen and oxygen atoms in total. The van der Waals surface area contributed by atoms with E-state index in [1.807, 2.05) is 0 Å². The van der Waals surface area contributed by atoms with Crippen molar-refractivity contribution in [1.82, 2.24) is 20.6 Å². The number of pyridine rings is 1. The van der Waals surface area contributed by atoms with Gasteiger partial charge in [-0.1, -0.05) is 27.2 Å². The standard InChI is InChI=1S/C16H13BrFN5O2/c17-12-3-1-10(13(18)9-12)2-4-14(24)21-22-16-20-15(23-25-16)11-5-7-19-8-6-11/h1,3,5-9H,2,4H2,(H,21,24)(H,20,22,23). The zero-order valence-electron chi connectivity index (χ0n) is 12.9. The van der Waals surface area contributed by atoms with Gasteiger partial charge in [0.1, 0.15) is 5.82 Å². The SMILES string of the molecule is O=C(CCc1ccc(Br)cc1F)NNc1nc(-c2ccncc2)no1. The summed E-state index contributed by atoms with van der Waals surface area (Å²) in [6, 6.07) is 8.26. The van der Waals surface area contributed by atoms with Gasteiger partial charge in [-0.05, 0) is 36.2 Å². The molecule has 0 saturated carbocycles. The number of hydrogen-bond acceptors (Lipinski definition) is 6. The summed E-state index contributed by atoms with van der Waals surface area (Å²) in [5.41, 5.74) is 6.18. The van der Waals surface area contributed by atoms with Crippen LogP contribution in [0.4, 0.5) is 10.4 Å². The number of rotatable bonds is 6. The topological polar surface area (TPSA) is 92.9 Å². The Morgan fingerprint density at radius 2 is 2.04 bits per heavy atom. The van der Waals surface area contributed by atoms with Gasteiger partial charge >= 0.3 is 6.01 Å². The molecule has 0 aliphatic carbocycles. The molecule has 2 heterocycles. The van der Waals surface area contributed by atoms with Crippen molar-refractivity contribution in [1.29, 1.82) is 0 Å². The van der Waals surface area contributed by atoms with E-state index in [0.717, 1.165) is 5.56 Å². The van der Waals surface area contributed by atoms with E-state index in [1.165, 1.54) is 6.07 Å². The van der Waals surface area contributed by atoms with Crippen LogP contribution in [0.15, 0.2) is 51.7 Å². The zero-order chi connectivity index (χ0) is 17.6. The molecular formula is C16H13BrFN5O2. The molecule has 0 aliphatic rings. The maximum Gasteiger partial charge on any atom is 0.340 e. The summed E-state index contributed by atoms with van der Waals surface area (Å²) in [7, 11) is 0. The number of nitrogens with zero attached hydrogens (tertiary/aromatic N) is 3. The molecule has 0 spiro atoms. The van der Waals surface area contributed by atoms with E-state index in [2.05, 4.69) is 41.9 Å². The lowest BCUT2D eigenvalue weighted by atomic mass is 10.1. The number of nitrogens with one attached hydrogen (secondary N) is 2. The molecule has 0 unspecified atom stereocenters. The smallest absolute Gasteiger partial charge is 0.313 e. The Morgan fingerprint density at radius 1 is 1.24 bits per heavy atom. The van der Waals surface area contributed by atoms with Gasteiger partial charge < -0.3 is 4.52 Å². The first-order valence-corrected chi connectivity index (χ1v) is 8.14. The molecule has 0 bridgehead atoms. The van der Waals surface area contributed by atoms with E-state index in [-0.39, 0.29) is 30.6 Å². The van der Waals surface area contributed by atoms with Gasteiger partial charge in [-0.15, -0.1) is 0 Å².